The van der Waals surface area contributed by atoms with Crippen LogP contribution in [0.1, 0.15) is 24.2 Å². The van der Waals surface area contributed by atoms with E-state index in [0.29, 0.717) is 25.2 Å². The Morgan fingerprint density at radius 2 is 1.61 bits per heavy atom. The van der Waals surface area contributed by atoms with Crippen LogP contribution in [-0.4, -0.2) is 69.6 Å². The highest BCUT2D eigenvalue weighted by Crippen LogP contribution is 2.19. The van der Waals surface area contributed by atoms with Gasteiger partial charge in [0, 0.05) is 30.0 Å². The van der Waals surface area contributed by atoms with Crippen LogP contribution in [0, 0.1) is 0 Å². The fourth-order valence-corrected chi connectivity index (χ4v) is 3.87. The van der Waals surface area contributed by atoms with Gasteiger partial charge in [0.1, 0.15) is 5.75 Å². The van der Waals surface area contributed by atoms with Gasteiger partial charge in [0.25, 0.3) is 11.8 Å². The number of anilines is 2. The summed E-state index contributed by atoms with van der Waals surface area (Å²) < 4.78 is 5.22. The molecule has 1 aliphatic heterocycles. The number of benzene rings is 2. The molecule has 7 heteroatoms. The maximum Gasteiger partial charge on any atom is 0.279 e. The number of nitrogens with one attached hydrogen (secondary N) is 2. The van der Waals surface area contributed by atoms with Crippen LogP contribution in [0.15, 0.2) is 48.5 Å². The number of amides is 2. The zero-order valence-electron chi connectivity index (χ0n) is 18.7. The number of hydrogen-bond donors (Lipinski definition) is 2. The zero-order chi connectivity index (χ0) is 22.2. The average Bonchev–Trinajstić information content (AvgIpc) is 2.81. The van der Waals surface area contributed by atoms with Crippen molar-refractivity contribution in [2.75, 3.05) is 63.1 Å². The minimum Gasteiger partial charge on any atom is -0.497 e. The monoisotopic (exact) mass is 425 g/mol. The molecule has 2 amide bonds. The number of piperazine rings is 1. The van der Waals surface area contributed by atoms with Gasteiger partial charge >= 0.3 is 0 Å². The summed E-state index contributed by atoms with van der Waals surface area (Å²) in [7, 11) is 1.67. The molecule has 1 saturated heterocycles. The molecule has 1 aliphatic rings. The smallest absolute Gasteiger partial charge is 0.279 e. The second-order valence-electron chi connectivity index (χ2n) is 7.71. The lowest BCUT2D eigenvalue weighted by Gasteiger charge is -2.33. The SMILES string of the molecule is CCN(CC)C(=O)c1ccc(NC(=O)C[NH+]2CCN(c3ccc(OC)cc3)CC2)cc1. The molecule has 3 rings (SSSR count). The van der Waals surface area contributed by atoms with Crippen molar-refractivity contribution in [3.63, 3.8) is 0 Å². The van der Waals surface area contributed by atoms with E-state index in [-0.39, 0.29) is 11.8 Å². The minimum atomic E-state index is -0.00397. The Labute approximate surface area is 184 Å². The first kappa shape index (κ1) is 22.6. The Hall–Kier alpha value is -3.06. The molecule has 31 heavy (non-hydrogen) atoms. The van der Waals surface area contributed by atoms with Crippen LogP contribution in [0.4, 0.5) is 11.4 Å². The van der Waals surface area contributed by atoms with Crippen molar-refractivity contribution in [1.82, 2.24) is 4.90 Å². The summed E-state index contributed by atoms with van der Waals surface area (Å²) in [6, 6.07) is 15.2. The number of rotatable bonds is 8. The van der Waals surface area contributed by atoms with E-state index in [1.165, 1.54) is 10.6 Å². The molecule has 0 aromatic heterocycles. The fraction of sp³-hybridized carbons (Fsp3) is 0.417. The predicted octanol–water partition coefficient (Wildman–Crippen LogP) is 1.52. The van der Waals surface area contributed by atoms with Gasteiger partial charge in [0.2, 0.25) is 0 Å². The number of methoxy groups -OCH3 is 1. The predicted molar refractivity (Wildman–Crippen MR) is 123 cm³/mol. The van der Waals surface area contributed by atoms with Crippen molar-refractivity contribution in [1.29, 1.82) is 0 Å². The number of carbonyl (C=O) groups is 2. The van der Waals surface area contributed by atoms with Crippen LogP contribution in [0.5, 0.6) is 5.75 Å². The Morgan fingerprint density at radius 1 is 1.00 bits per heavy atom. The molecular weight excluding hydrogens is 392 g/mol. The van der Waals surface area contributed by atoms with Gasteiger partial charge < -0.3 is 24.8 Å². The Morgan fingerprint density at radius 3 is 2.16 bits per heavy atom. The first-order valence-corrected chi connectivity index (χ1v) is 11.0. The highest BCUT2D eigenvalue weighted by molar-refractivity contribution is 5.96. The molecule has 0 aliphatic carbocycles. The Kier molecular flexibility index (Phi) is 7.89. The second kappa shape index (κ2) is 10.8. The maximum atomic E-state index is 12.5. The summed E-state index contributed by atoms with van der Waals surface area (Å²) in [6.45, 7) is 9.40. The summed E-state index contributed by atoms with van der Waals surface area (Å²) in [5.74, 6) is 0.868. The molecule has 1 heterocycles. The van der Waals surface area contributed by atoms with Crippen molar-refractivity contribution in [2.45, 2.75) is 13.8 Å². The number of carbonyl (C=O) groups excluding carboxylic acids is 2. The van der Waals surface area contributed by atoms with Crippen LogP contribution >= 0.6 is 0 Å². The summed E-state index contributed by atoms with van der Waals surface area (Å²) in [5, 5.41) is 2.96. The van der Waals surface area contributed by atoms with Gasteiger partial charge in [-0.25, -0.2) is 0 Å². The van der Waals surface area contributed by atoms with Crippen LogP contribution < -0.4 is 19.9 Å². The molecule has 7 nitrogen and oxygen atoms in total. The van der Waals surface area contributed by atoms with Crippen molar-refractivity contribution in [3.8, 4) is 5.75 Å². The number of ether oxygens (including phenoxy) is 1. The van der Waals surface area contributed by atoms with Gasteiger partial charge in [-0.1, -0.05) is 0 Å². The third kappa shape index (κ3) is 5.98. The summed E-state index contributed by atoms with van der Waals surface area (Å²) in [4.78, 5) is 30.3. The van der Waals surface area contributed by atoms with E-state index < -0.39 is 0 Å². The van der Waals surface area contributed by atoms with E-state index in [1.807, 2.05) is 26.0 Å². The standard InChI is InChI=1S/C24H32N4O3/c1-4-27(5-2)24(30)19-6-8-20(9-7-19)25-23(29)18-26-14-16-28(17-15-26)21-10-12-22(31-3)13-11-21/h6-13H,4-5,14-18H2,1-3H3,(H,25,29)/p+1. The van der Waals surface area contributed by atoms with Crippen molar-refractivity contribution in [3.05, 3.63) is 54.1 Å². The van der Waals surface area contributed by atoms with Crippen molar-refractivity contribution < 1.29 is 19.2 Å². The van der Waals surface area contributed by atoms with Gasteiger partial charge in [-0.2, -0.15) is 0 Å². The first-order valence-electron chi connectivity index (χ1n) is 11.0. The number of hydrogen-bond acceptors (Lipinski definition) is 4. The third-order valence-electron chi connectivity index (χ3n) is 5.78. The van der Waals surface area contributed by atoms with E-state index in [9.17, 15) is 9.59 Å². The average molecular weight is 426 g/mol. The highest BCUT2D eigenvalue weighted by atomic mass is 16.5. The Balaban J connectivity index is 1.46. The van der Waals surface area contributed by atoms with Gasteiger partial charge in [0.15, 0.2) is 6.54 Å². The Bertz CT molecular complexity index is 855. The number of nitrogens with zero attached hydrogens (tertiary/aromatic N) is 2. The fourth-order valence-electron chi connectivity index (χ4n) is 3.87. The molecule has 2 N–H and O–H groups in total. The van der Waals surface area contributed by atoms with E-state index in [4.69, 9.17) is 4.74 Å². The molecule has 2 aromatic carbocycles. The minimum absolute atomic E-state index is 0.00397. The van der Waals surface area contributed by atoms with Crippen LogP contribution in [-0.2, 0) is 4.79 Å². The van der Waals surface area contributed by atoms with Gasteiger partial charge in [-0.15, -0.1) is 0 Å². The van der Waals surface area contributed by atoms with Crippen molar-refractivity contribution >= 4 is 23.2 Å². The topological polar surface area (TPSA) is 66.3 Å². The first-order chi connectivity index (χ1) is 15.0. The van der Waals surface area contributed by atoms with Gasteiger partial charge in [-0.05, 0) is 62.4 Å². The molecule has 0 radical (unpaired) electrons. The lowest BCUT2D eigenvalue weighted by molar-refractivity contribution is -0.892. The molecule has 1 fully saturated rings. The van der Waals surface area contributed by atoms with E-state index in [1.54, 1.807) is 36.3 Å². The largest absolute Gasteiger partial charge is 0.497 e. The van der Waals surface area contributed by atoms with E-state index in [0.717, 1.165) is 37.6 Å². The molecule has 166 valence electrons. The molecule has 0 atom stereocenters. The van der Waals surface area contributed by atoms with Crippen LogP contribution in [0.2, 0.25) is 0 Å². The number of quaternary nitrogens is 1. The lowest BCUT2D eigenvalue weighted by Crippen LogP contribution is -3.15. The second-order valence-corrected chi connectivity index (χ2v) is 7.71. The quantitative estimate of drug-likeness (QED) is 0.673. The molecule has 0 unspecified atom stereocenters. The molecule has 2 aromatic rings. The van der Waals surface area contributed by atoms with Crippen molar-refractivity contribution in [2.24, 2.45) is 0 Å². The van der Waals surface area contributed by atoms with Gasteiger partial charge in [0.05, 0.1) is 33.3 Å². The van der Waals surface area contributed by atoms with Crippen LogP contribution in [0.3, 0.4) is 0 Å². The zero-order valence-corrected chi connectivity index (χ0v) is 18.7. The molecule has 0 saturated carbocycles. The van der Waals surface area contributed by atoms with E-state index >= 15 is 0 Å². The van der Waals surface area contributed by atoms with Crippen LogP contribution in [0.25, 0.3) is 0 Å². The molecule has 0 bridgehead atoms. The highest BCUT2D eigenvalue weighted by Gasteiger charge is 2.22. The van der Waals surface area contributed by atoms with E-state index in [2.05, 4.69) is 22.3 Å². The maximum absolute atomic E-state index is 12.5. The summed E-state index contributed by atoms with van der Waals surface area (Å²) >= 11 is 0. The summed E-state index contributed by atoms with van der Waals surface area (Å²) in [6.07, 6.45) is 0. The molecular formula is C24H33N4O3+. The normalized spacial score (nSPS) is 14.2. The molecule has 0 spiro atoms. The third-order valence-corrected chi connectivity index (χ3v) is 5.78. The lowest BCUT2D eigenvalue weighted by atomic mass is 10.1. The van der Waals surface area contributed by atoms with Gasteiger partial charge in [-0.3, -0.25) is 9.59 Å². The summed E-state index contributed by atoms with van der Waals surface area (Å²) in [5.41, 5.74) is 2.54.